The predicted octanol–water partition coefficient (Wildman–Crippen LogP) is 3.05. The van der Waals surface area contributed by atoms with E-state index in [4.69, 9.17) is 14.2 Å². The average Bonchev–Trinajstić information content (AvgIpc) is 2.69. The third-order valence-electron chi connectivity index (χ3n) is 3.94. The van der Waals surface area contributed by atoms with E-state index in [9.17, 15) is 14.0 Å². The third kappa shape index (κ3) is 5.44. The number of carbonyl (C=O) groups is 2. The van der Waals surface area contributed by atoms with Gasteiger partial charge in [-0.05, 0) is 42.8 Å². The maximum atomic E-state index is 13.3. The fourth-order valence-electron chi connectivity index (χ4n) is 2.50. The van der Waals surface area contributed by atoms with Crippen LogP contribution in [0, 0.1) is 5.82 Å². The molecule has 0 unspecified atom stereocenters. The summed E-state index contributed by atoms with van der Waals surface area (Å²) in [4.78, 5) is 26.0. The summed E-state index contributed by atoms with van der Waals surface area (Å²) < 4.78 is 28.7. The van der Waals surface area contributed by atoms with Gasteiger partial charge >= 0.3 is 5.97 Å². The molecule has 0 radical (unpaired) electrons. The Hall–Kier alpha value is -3.09. The molecule has 0 saturated carbocycles. The monoisotopic (exact) mass is 375 g/mol. The zero-order valence-corrected chi connectivity index (χ0v) is 15.5. The van der Waals surface area contributed by atoms with Gasteiger partial charge in [-0.1, -0.05) is 12.1 Å². The summed E-state index contributed by atoms with van der Waals surface area (Å²) in [7, 11) is 2.95. The molecule has 0 fully saturated rings. The van der Waals surface area contributed by atoms with Crippen LogP contribution in [0.3, 0.4) is 0 Å². The molecule has 7 heteroatoms. The number of benzene rings is 2. The molecule has 0 aliphatic carbocycles. The van der Waals surface area contributed by atoms with Crippen LogP contribution in [-0.4, -0.2) is 44.1 Å². The van der Waals surface area contributed by atoms with Crippen LogP contribution in [0.15, 0.2) is 42.5 Å². The third-order valence-corrected chi connectivity index (χ3v) is 3.94. The predicted molar refractivity (Wildman–Crippen MR) is 97.3 cm³/mol. The van der Waals surface area contributed by atoms with Crippen LogP contribution in [0.25, 0.3) is 0 Å². The Morgan fingerprint density at radius 3 is 2.41 bits per heavy atom. The summed E-state index contributed by atoms with van der Waals surface area (Å²) >= 11 is 0. The topological polar surface area (TPSA) is 65.1 Å². The Balaban J connectivity index is 1.97. The highest BCUT2D eigenvalue weighted by molar-refractivity contribution is 5.92. The minimum atomic E-state index is -0.647. The van der Waals surface area contributed by atoms with Crippen LogP contribution in [0.4, 0.5) is 4.39 Å². The van der Waals surface area contributed by atoms with Crippen molar-refractivity contribution in [2.75, 3.05) is 27.4 Å². The molecule has 0 saturated heterocycles. The fourth-order valence-corrected chi connectivity index (χ4v) is 2.50. The molecule has 0 spiro atoms. The van der Waals surface area contributed by atoms with Gasteiger partial charge in [0.1, 0.15) is 5.82 Å². The van der Waals surface area contributed by atoms with Gasteiger partial charge in [-0.15, -0.1) is 0 Å². The number of hydrogen-bond acceptors (Lipinski definition) is 5. The molecule has 6 nitrogen and oxygen atoms in total. The highest BCUT2D eigenvalue weighted by atomic mass is 19.1. The van der Waals surface area contributed by atoms with Crippen LogP contribution in [0.5, 0.6) is 11.5 Å². The normalized spacial score (nSPS) is 10.2. The Labute approximate surface area is 157 Å². The highest BCUT2D eigenvalue weighted by Gasteiger charge is 2.17. The largest absolute Gasteiger partial charge is 0.493 e. The first-order valence-corrected chi connectivity index (χ1v) is 8.39. The molecule has 2 aromatic rings. The Bertz CT molecular complexity index is 809. The maximum Gasteiger partial charge on any atom is 0.338 e. The minimum Gasteiger partial charge on any atom is -0.493 e. The van der Waals surface area contributed by atoms with E-state index < -0.39 is 12.6 Å². The number of rotatable bonds is 8. The van der Waals surface area contributed by atoms with Crippen LogP contribution in [0.2, 0.25) is 0 Å². The molecule has 0 atom stereocenters. The van der Waals surface area contributed by atoms with Gasteiger partial charge in [-0.25, -0.2) is 9.18 Å². The SMILES string of the molecule is CCN(Cc1cccc(F)c1)C(=O)COC(=O)c1ccc(OC)c(OC)c1. The molecule has 2 rings (SSSR count). The van der Waals surface area contributed by atoms with Gasteiger partial charge in [0.15, 0.2) is 18.1 Å². The molecular weight excluding hydrogens is 353 g/mol. The van der Waals surface area contributed by atoms with Gasteiger partial charge in [0, 0.05) is 13.1 Å². The van der Waals surface area contributed by atoms with E-state index in [1.165, 1.54) is 43.4 Å². The van der Waals surface area contributed by atoms with Crippen LogP contribution >= 0.6 is 0 Å². The first-order valence-electron chi connectivity index (χ1n) is 8.39. The lowest BCUT2D eigenvalue weighted by Gasteiger charge is -2.21. The second-order valence-corrected chi connectivity index (χ2v) is 5.68. The molecule has 0 aliphatic heterocycles. The fraction of sp³-hybridized carbons (Fsp3) is 0.300. The van der Waals surface area contributed by atoms with Crippen LogP contribution in [0.1, 0.15) is 22.8 Å². The summed E-state index contributed by atoms with van der Waals surface area (Å²) in [6.45, 7) is 2.04. The van der Waals surface area contributed by atoms with E-state index in [-0.39, 0.29) is 23.8 Å². The summed E-state index contributed by atoms with van der Waals surface area (Å²) in [6, 6.07) is 10.6. The molecule has 1 amide bonds. The van der Waals surface area contributed by atoms with E-state index in [0.29, 0.717) is 23.6 Å². The summed E-state index contributed by atoms with van der Waals surface area (Å²) in [5.41, 5.74) is 0.907. The average molecular weight is 375 g/mol. The van der Waals surface area contributed by atoms with Crippen molar-refractivity contribution in [3.8, 4) is 11.5 Å². The number of halogens is 1. The van der Waals surface area contributed by atoms with Crippen molar-refractivity contribution in [1.29, 1.82) is 0 Å². The number of nitrogens with zero attached hydrogens (tertiary/aromatic N) is 1. The molecule has 27 heavy (non-hydrogen) atoms. The first kappa shape index (κ1) is 20.2. The van der Waals surface area contributed by atoms with Crippen molar-refractivity contribution < 1.29 is 28.2 Å². The van der Waals surface area contributed by atoms with Gasteiger partial charge in [0.2, 0.25) is 0 Å². The summed E-state index contributed by atoms with van der Waals surface area (Å²) in [5.74, 6) is -0.505. The van der Waals surface area contributed by atoms with Gasteiger partial charge < -0.3 is 19.1 Å². The van der Waals surface area contributed by atoms with Crippen LogP contribution < -0.4 is 9.47 Å². The van der Waals surface area contributed by atoms with E-state index in [1.807, 2.05) is 0 Å². The van der Waals surface area contributed by atoms with E-state index in [1.54, 1.807) is 25.1 Å². The molecule has 0 aromatic heterocycles. The van der Waals surface area contributed by atoms with Crippen molar-refractivity contribution in [3.05, 3.63) is 59.4 Å². The van der Waals surface area contributed by atoms with Crippen molar-refractivity contribution in [1.82, 2.24) is 4.90 Å². The van der Waals surface area contributed by atoms with Crippen molar-refractivity contribution in [3.63, 3.8) is 0 Å². The smallest absolute Gasteiger partial charge is 0.338 e. The van der Waals surface area contributed by atoms with Gasteiger partial charge in [-0.2, -0.15) is 0 Å². The number of likely N-dealkylation sites (N-methyl/N-ethyl adjacent to an activating group) is 1. The van der Waals surface area contributed by atoms with E-state index in [2.05, 4.69) is 0 Å². The molecular formula is C20H22FNO5. The molecule has 0 N–H and O–H groups in total. The summed E-state index contributed by atoms with van der Waals surface area (Å²) in [6.07, 6.45) is 0. The zero-order chi connectivity index (χ0) is 19.8. The second-order valence-electron chi connectivity index (χ2n) is 5.68. The minimum absolute atomic E-state index is 0.237. The lowest BCUT2D eigenvalue weighted by atomic mass is 10.2. The quantitative estimate of drug-likeness (QED) is 0.664. The molecule has 2 aromatic carbocycles. The molecule has 0 heterocycles. The highest BCUT2D eigenvalue weighted by Crippen LogP contribution is 2.27. The number of esters is 1. The van der Waals surface area contributed by atoms with Gasteiger partial charge in [0.05, 0.1) is 19.8 Å². The van der Waals surface area contributed by atoms with Crippen LogP contribution in [-0.2, 0) is 16.1 Å². The molecule has 144 valence electrons. The first-order chi connectivity index (χ1) is 13.0. The summed E-state index contributed by atoms with van der Waals surface area (Å²) in [5, 5.41) is 0. The number of hydrogen-bond donors (Lipinski definition) is 0. The molecule has 0 aliphatic rings. The van der Waals surface area contributed by atoms with Crippen molar-refractivity contribution in [2.24, 2.45) is 0 Å². The lowest BCUT2D eigenvalue weighted by molar-refractivity contribution is -0.134. The van der Waals surface area contributed by atoms with Gasteiger partial charge in [-0.3, -0.25) is 4.79 Å². The number of amides is 1. The zero-order valence-electron chi connectivity index (χ0n) is 15.5. The Morgan fingerprint density at radius 1 is 1.04 bits per heavy atom. The lowest BCUT2D eigenvalue weighted by Crippen LogP contribution is -2.34. The van der Waals surface area contributed by atoms with E-state index >= 15 is 0 Å². The molecule has 0 bridgehead atoms. The number of ether oxygens (including phenoxy) is 3. The number of carbonyl (C=O) groups excluding carboxylic acids is 2. The number of methoxy groups -OCH3 is 2. The van der Waals surface area contributed by atoms with Crippen molar-refractivity contribution >= 4 is 11.9 Å². The Morgan fingerprint density at radius 2 is 1.78 bits per heavy atom. The van der Waals surface area contributed by atoms with Gasteiger partial charge in [0.25, 0.3) is 5.91 Å². The standard InChI is InChI=1S/C20H22FNO5/c1-4-22(12-14-6-5-7-16(21)10-14)19(23)13-27-20(24)15-8-9-17(25-2)18(11-15)26-3/h5-11H,4,12-13H2,1-3H3. The second kappa shape index (κ2) is 9.56. The van der Waals surface area contributed by atoms with Crippen molar-refractivity contribution in [2.45, 2.75) is 13.5 Å². The maximum absolute atomic E-state index is 13.3. The Kier molecular flexibility index (Phi) is 7.16. The van der Waals surface area contributed by atoms with E-state index in [0.717, 1.165) is 0 Å².